The van der Waals surface area contributed by atoms with Crippen LogP contribution in [-0.4, -0.2) is 22.7 Å². The lowest BCUT2D eigenvalue weighted by Gasteiger charge is -2.14. The molecule has 0 amide bonds. The molecular weight excluding hydrogens is 306 g/mol. The smallest absolute Gasteiger partial charge is 0.347 e. The second-order valence-electron chi connectivity index (χ2n) is 5.38. The number of hydrogen-bond acceptors (Lipinski definition) is 4. The van der Waals surface area contributed by atoms with Gasteiger partial charge in [-0.1, -0.05) is 31.7 Å². The van der Waals surface area contributed by atoms with Crippen molar-refractivity contribution in [3.63, 3.8) is 0 Å². The Morgan fingerprint density at radius 1 is 1.38 bits per heavy atom. The standard InChI is InChI=1S/C19H21NO4/c1-5-12-10-13(9-8-11(12)4)16-14(6-2)17(21)15(18(22)20-16)19(23)24-7-3/h5,8-10H,1,6-7H2,2-4H3,(H2,20,21,22). The third-order valence-corrected chi connectivity index (χ3v) is 3.91. The summed E-state index contributed by atoms with van der Waals surface area (Å²) in [6.07, 6.45) is 2.18. The highest BCUT2D eigenvalue weighted by Crippen LogP contribution is 2.31. The second kappa shape index (κ2) is 7.17. The van der Waals surface area contributed by atoms with Crippen LogP contribution in [0.25, 0.3) is 17.3 Å². The number of carbonyl (C=O) groups excluding carboxylic acids is 1. The van der Waals surface area contributed by atoms with Gasteiger partial charge < -0.3 is 14.8 Å². The van der Waals surface area contributed by atoms with Crippen LogP contribution in [0.1, 0.15) is 40.9 Å². The quantitative estimate of drug-likeness (QED) is 0.825. The Labute approximate surface area is 140 Å². The van der Waals surface area contributed by atoms with Gasteiger partial charge in [0.1, 0.15) is 5.75 Å². The molecule has 0 aliphatic rings. The SMILES string of the molecule is C=Cc1cc(-c2[nH]c(=O)c(C(=O)OCC)c(O)c2CC)ccc1C. The fraction of sp³-hybridized carbons (Fsp3) is 0.263. The predicted molar refractivity (Wildman–Crippen MR) is 94.3 cm³/mol. The van der Waals surface area contributed by atoms with Gasteiger partial charge in [-0.25, -0.2) is 4.79 Å². The maximum Gasteiger partial charge on any atom is 0.347 e. The lowest BCUT2D eigenvalue weighted by Crippen LogP contribution is -2.22. The molecule has 0 atom stereocenters. The van der Waals surface area contributed by atoms with Crippen LogP contribution in [0.4, 0.5) is 0 Å². The van der Waals surface area contributed by atoms with Crippen molar-refractivity contribution >= 4 is 12.0 Å². The van der Waals surface area contributed by atoms with Gasteiger partial charge >= 0.3 is 5.97 Å². The van der Waals surface area contributed by atoms with Crippen LogP contribution in [0.3, 0.4) is 0 Å². The molecule has 5 heteroatoms. The van der Waals surface area contributed by atoms with Crippen LogP contribution in [-0.2, 0) is 11.2 Å². The Kier molecular flexibility index (Phi) is 5.24. The second-order valence-corrected chi connectivity index (χ2v) is 5.38. The molecule has 1 heterocycles. The van der Waals surface area contributed by atoms with Gasteiger partial charge in [-0.2, -0.15) is 0 Å². The normalized spacial score (nSPS) is 10.5. The van der Waals surface area contributed by atoms with Crippen molar-refractivity contribution in [2.75, 3.05) is 6.61 Å². The Morgan fingerprint density at radius 2 is 2.08 bits per heavy atom. The fourth-order valence-electron chi connectivity index (χ4n) is 2.63. The molecule has 0 radical (unpaired) electrons. The number of carbonyl (C=O) groups is 1. The van der Waals surface area contributed by atoms with Crippen molar-refractivity contribution in [2.45, 2.75) is 27.2 Å². The van der Waals surface area contributed by atoms with E-state index in [-0.39, 0.29) is 17.9 Å². The maximum absolute atomic E-state index is 12.3. The van der Waals surface area contributed by atoms with Crippen LogP contribution < -0.4 is 5.56 Å². The molecule has 5 nitrogen and oxygen atoms in total. The van der Waals surface area contributed by atoms with Gasteiger partial charge in [-0.15, -0.1) is 0 Å². The minimum absolute atomic E-state index is 0.127. The molecule has 0 saturated heterocycles. The maximum atomic E-state index is 12.3. The van der Waals surface area contributed by atoms with E-state index >= 15 is 0 Å². The van der Waals surface area contributed by atoms with E-state index < -0.39 is 11.5 Å². The summed E-state index contributed by atoms with van der Waals surface area (Å²) in [5, 5.41) is 10.4. The van der Waals surface area contributed by atoms with Gasteiger partial charge in [0.2, 0.25) is 0 Å². The van der Waals surface area contributed by atoms with Crippen molar-refractivity contribution < 1.29 is 14.6 Å². The van der Waals surface area contributed by atoms with Crippen LogP contribution in [0.5, 0.6) is 5.75 Å². The van der Waals surface area contributed by atoms with Gasteiger partial charge in [0.15, 0.2) is 5.56 Å². The molecule has 2 aromatic rings. The summed E-state index contributed by atoms with van der Waals surface area (Å²) in [7, 11) is 0. The number of hydrogen-bond donors (Lipinski definition) is 2. The first-order valence-corrected chi connectivity index (χ1v) is 7.83. The van der Waals surface area contributed by atoms with Crippen molar-refractivity contribution in [3.05, 3.63) is 57.4 Å². The summed E-state index contributed by atoms with van der Waals surface area (Å²) in [5.41, 5.74) is 2.71. The number of aryl methyl sites for hydroxylation is 1. The molecule has 0 aliphatic carbocycles. The first kappa shape index (κ1) is 17.5. The molecule has 126 valence electrons. The van der Waals surface area contributed by atoms with Crippen LogP contribution in [0.2, 0.25) is 0 Å². The average molecular weight is 327 g/mol. The Morgan fingerprint density at radius 3 is 2.67 bits per heavy atom. The van der Waals surface area contributed by atoms with E-state index in [2.05, 4.69) is 11.6 Å². The fourth-order valence-corrected chi connectivity index (χ4v) is 2.63. The van der Waals surface area contributed by atoms with E-state index in [4.69, 9.17) is 4.74 Å². The van der Waals surface area contributed by atoms with Gasteiger partial charge in [-0.05, 0) is 43.0 Å². The predicted octanol–water partition coefficient (Wildman–Crippen LogP) is 3.44. The van der Waals surface area contributed by atoms with Crippen molar-refractivity contribution in [2.24, 2.45) is 0 Å². The van der Waals surface area contributed by atoms with E-state index in [1.807, 2.05) is 32.0 Å². The van der Waals surface area contributed by atoms with Gasteiger partial charge in [0.05, 0.1) is 12.3 Å². The number of ether oxygens (including phenoxy) is 1. The molecular formula is C19H21NO4. The number of aromatic nitrogens is 1. The summed E-state index contributed by atoms with van der Waals surface area (Å²) in [6.45, 7) is 9.35. The third kappa shape index (κ3) is 3.11. The summed E-state index contributed by atoms with van der Waals surface area (Å²) < 4.78 is 4.85. The highest BCUT2D eigenvalue weighted by Gasteiger charge is 2.23. The zero-order chi connectivity index (χ0) is 17.9. The highest BCUT2D eigenvalue weighted by atomic mass is 16.5. The molecule has 24 heavy (non-hydrogen) atoms. The largest absolute Gasteiger partial charge is 0.506 e. The summed E-state index contributed by atoms with van der Waals surface area (Å²) in [6, 6.07) is 5.66. The molecule has 0 fully saturated rings. The van der Waals surface area contributed by atoms with Crippen molar-refractivity contribution in [1.29, 1.82) is 0 Å². The topological polar surface area (TPSA) is 79.4 Å². The molecule has 0 bridgehead atoms. The average Bonchev–Trinajstić information content (AvgIpc) is 2.55. The number of aromatic amines is 1. The van der Waals surface area contributed by atoms with Gasteiger partial charge in [0.25, 0.3) is 5.56 Å². The molecule has 2 N–H and O–H groups in total. The number of H-pyrrole nitrogens is 1. The Hall–Kier alpha value is -2.82. The summed E-state index contributed by atoms with van der Waals surface area (Å²) >= 11 is 0. The minimum Gasteiger partial charge on any atom is -0.506 e. The minimum atomic E-state index is -0.826. The van der Waals surface area contributed by atoms with E-state index in [1.54, 1.807) is 13.0 Å². The first-order chi connectivity index (χ1) is 11.4. The molecule has 0 spiro atoms. The van der Waals surface area contributed by atoms with Gasteiger partial charge in [0, 0.05) is 5.56 Å². The Balaban J connectivity index is 2.71. The van der Waals surface area contributed by atoms with E-state index in [0.29, 0.717) is 17.7 Å². The highest BCUT2D eigenvalue weighted by molar-refractivity contribution is 5.93. The van der Waals surface area contributed by atoms with Crippen LogP contribution in [0.15, 0.2) is 29.6 Å². The van der Waals surface area contributed by atoms with Crippen LogP contribution in [0, 0.1) is 6.92 Å². The molecule has 0 unspecified atom stereocenters. The number of esters is 1. The molecule has 1 aromatic heterocycles. The zero-order valence-corrected chi connectivity index (χ0v) is 14.1. The summed E-state index contributed by atoms with van der Waals surface area (Å²) in [5.74, 6) is -1.15. The number of rotatable bonds is 5. The monoisotopic (exact) mass is 327 g/mol. The summed E-state index contributed by atoms with van der Waals surface area (Å²) in [4.78, 5) is 26.9. The lowest BCUT2D eigenvalue weighted by atomic mass is 9.97. The van der Waals surface area contributed by atoms with Gasteiger partial charge in [-0.3, -0.25) is 4.79 Å². The molecule has 2 rings (SSSR count). The van der Waals surface area contributed by atoms with Crippen molar-refractivity contribution in [3.8, 4) is 17.0 Å². The molecule has 0 aliphatic heterocycles. The van der Waals surface area contributed by atoms with Crippen LogP contribution >= 0.6 is 0 Å². The molecule has 0 saturated carbocycles. The zero-order valence-electron chi connectivity index (χ0n) is 14.1. The third-order valence-electron chi connectivity index (χ3n) is 3.91. The Bertz CT molecular complexity index is 849. The lowest BCUT2D eigenvalue weighted by molar-refractivity contribution is 0.0520. The molecule has 1 aromatic carbocycles. The van der Waals surface area contributed by atoms with E-state index in [9.17, 15) is 14.7 Å². The number of aromatic hydroxyl groups is 1. The van der Waals surface area contributed by atoms with E-state index in [1.165, 1.54) is 0 Å². The number of nitrogens with one attached hydrogen (secondary N) is 1. The number of pyridine rings is 1. The first-order valence-electron chi connectivity index (χ1n) is 7.83. The number of benzene rings is 1. The van der Waals surface area contributed by atoms with E-state index in [0.717, 1.165) is 16.7 Å². The van der Waals surface area contributed by atoms with Crippen molar-refractivity contribution in [1.82, 2.24) is 4.98 Å².